The van der Waals surface area contributed by atoms with Crippen LogP contribution in [0.2, 0.25) is 0 Å². The smallest absolute Gasteiger partial charge is 0.314 e. The predicted molar refractivity (Wildman–Crippen MR) is 71.2 cm³/mol. The van der Waals surface area contributed by atoms with Gasteiger partial charge in [-0.1, -0.05) is 12.1 Å². The molecule has 1 aliphatic heterocycles. The maximum Gasteiger partial charge on any atom is 0.446 e. The van der Waals surface area contributed by atoms with Gasteiger partial charge in [0.05, 0.1) is 0 Å². The lowest BCUT2D eigenvalue weighted by Crippen LogP contribution is -2.44. The summed E-state index contributed by atoms with van der Waals surface area (Å²) in [6, 6.07) is 6.92. The van der Waals surface area contributed by atoms with Crippen molar-refractivity contribution in [3.8, 4) is 0 Å². The van der Waals surface area contributed by atoms with E-state index in [1.54, 1.807) is 24.3 Å². The SMILES string of the molecule is C[C@@H](c1ccc(SC(F)(F)F)cc1)N1CCNCC1. The normalized spacial score (nSPS) is 19.4. The molecule has 19 heavy (non-hydrogen) atoms. The Morgan fingerprint density at radius 2 is 1.74 bits per heavy atom. The van der Waals surface area contributed by atoms with Crippen LogP contribution in [0.3, 0.4) is 0 Å². The quantitative estimate of drug-likeness (QED) is 0.860. The Morgan fingerprint density at radius 1 is 1.16 bits per heavy atom. The van der Waals surface area contributed by atoms with Crippen molar-refractivity contribution in [1.29, 1.82) is 0 Å². The minimum absolute atomic E-state index is 0.0669. The van der Waals surface area contributed by atoms with Crippen molar-refractivity contribution in [3.05, 3.63) is 29.8 Å². The van der Waals surface area contributed by atoms with Gasteiger partial charge in [0, 0.05) is 37.1 Å². The van der Waals surface area contributed by atoms with Gasteiger partial charge in [0.2, 0.25) is 0 Å². The van der Waals surface area contributed by atoms with Gasteiger partial charge in [-0.2, -0.15) is 13.2 Å². The van der Waals surface area contributed by atoms with Crippen molar-refractivity contribution in [2.24, 2.45) is 0 Å². The highest BCUT2D eigenvalue weighted by molar-refractivity contribution is 8.00. The number of halogens is 3. The molecule has 1 aromatic carbocycles. The van der Waals surface area contributed by atoms with Crippen LogP contribution >= 0.6 is 11.8 Å². The van der Waals surface area contributed by atoms with Crippen LogP contribution in [-0.2, 0) is 0 Å². The summed E-state index contributed by atoms with van der Waals surface area (Å²) in [5, 5.41) is 3.29. The highest BCUT2D eigenvalue weighted by atomic mass is 32.2. The monoisotopic (exact) mass is 290 g/mol. The van der Waals surface area contributed by atoms with E-state index in [-0.39, 0.29) is 22.7 Å². The molecule has 1 N–H and O–H groups in total. The summed E-state index contributed by atoms with van der Waals surface area (Å²) in [7, 11) is 0. The molecule has 1 aliphatic rings. The molecule has 6 heteroatoms. The molecular weight excluding hydrogens is 273 g/mol. The van der Waals surface area contributed by atoms with Crippen molar-refractivity contribution in [3.63, 3.8) is 0 Å². The van der Waals surface area contributed by atoms with Crippen LogP contribution in [0.15, 0.2) is 29.2 Å². The molecule has 1 aromatic rings. The van der Waals surface area contributed by atoms with Crippen molar-refractivity contribution in [2.45, 2.75) is 23.4 Å². The van der Waals surface area contributed by atoms with Crippen LogP contribution in [-0.4, -0.2) is 36.6 Å². The van der Waals surface area contributed by atoms with Gasteiger partial charge < -0.3 is 5.32 Å². The maximum absolute atomic E-state index is 12.2. The lowest BCUT2D eigenvalue weighted by atomic mass is 10.1. The van der Waals surface area contributed by atoms with Gasteiger partial charge in [-0.05, 0) is 36.4 Å². The molecule has 0 aliphatic carbocycles. The third kappa shape index (κ3) is 4.40. The standard InChI is InChI=1S/C13H17F3N2S/c1-10(18-8-6-17-7-9-18)11-2-4-12(5-3-11)19-13(14,15)16/h2-5,10,17H,6-9H2,1H3/t10-/m0/s1. The van der Waals surface area contributed by atoms with Crippen molar-refractivity contribution in [2.75, 3.05) is 26.2 Å². The number of rotatable bonds is 3. The highest BCUT2D eigenvalue weighted by Crippen LogP contribution is 2.37. The highest BCUT2D eigenvalue weighted by Gasteiger charge is 2.29. The zero-order chi connectivity index (χ0) is 13.9. The Kier molecular flexibility index (Phi) is 4.76. The minimum Gasteiger partial charge on any atom is -0.314 e. The van der Waals surface area contributed by atoms with Gasteiger partial charge in [-0.15, -0.1) is 0 Å². The second kappa shape index (κ2) is 6.15. The third-order valence-electron chi connectivity index (χ3n) is 3.30. The Bertz CT molecular complexity index is 399. The van der Waals surface area contributed by atoms with E-state index in [0.29, 0.717) is 0 Å². The predicted octanol–water partition coefficient (Wildman–Crippen LogP) is 3.26. The van der Waals surface area contributed by atoms with Gasteiger partial charge in [-0.3, -0.25) is 4.90 Å². The summed E-state index contributed by atoms with van der Waals surface area (Å²) >= 11 is -0.0669. The molecule has 0 amide bonds. The fourth-order valence-electron chi connectivity index (χ4n) is 2.23. The van der Waals surface area contributed by atoms with Gasteiger partial charge in [0.15, 0.2) is 0 Å². The average Bonchev–Trinajstić information content (AvgIpc) is 2.38. The summed E-state index contributed by atoms with van der Waals surface area (Å²) in [5.41, 5.74) is -3.15. The van der Waals surface area contributed by atoms with Crippen LogP contribution in [0.25, 0.3) is 0 Å². The molecular formula is C13H17F3N2S. The van der Waals surface area contributed by atoms with E-state index in [4.69, 9.17) is 0 Å². The van der Waals surface area contributed by atoms with Crippen LogP contribution in [0.1, 0.15) is 18.5 Å². The zero-order valence-corrected chi connectivity index (χ0v) is 11.5. The van der Waals surface area contributed by atoms with Crippen LogP contribution in [0.5, 0.6) is 0 Å². The Balaban J connectivity index is 2.01. The topological polar surface area (TPSA) is 15.3 Å². The number of hydrogen-bond acceptors (Lipinski definition) is 3. The molecule has 1 atom stereocenters. The first-order chi connectivity index (χ1) is 8.96. The Morgan fingerprint density at radius 3 is 2.26 bits per heavy atom. The second-order valence-electron chi connectivity index (χ2n) is 4.58. The molecule has 2 rings (SSSR count). The molecule has 0 aromatic heterocycles. The first-order valence-corrected chi connectivity index (χ1v) is 7.08. The van der Waals surface area contributed by atoms with Crippen LogP contribution in [0.4, 0.5) is 13.2 Å². The van der Waals surface area contributed by atoms with Gasteiger partial charge in [0.1, 0.15) is 0 Å². The third-order valence-corrected chi connectivity index (χ3v) is 4.03. The second-order valence-corrected chi connectivity index (χ2v) is 5.72. The maximum atomic E-state index is 12.2. The van der Waals surface area contributed by atoms with Crippen LogP contribution in [0, 0.1) is 0 Å². The first kappa shape index (κ1) is 14.7. The molecule has 0 saturated carbocycles. The molecule has 106 valence electrons. The molecule has 0 spiro atoms. The van der Waals surface area contributed by atoms with Crippen molar-refractivity contribution in [1.82, 2.24) is 10.2 Å². The number of alkyl halides is 3. The largest absolute Gasteiger partial charge is 0.446 e. The molecule has 1 fully saturated rings. The minimum atomic E-state index is -4.22. The fraction of sp³-hybridized carbons (Fsp3) is 0.538. The number of nitrogens with one attached hydrogen (secondary N) is 1. The van der Waals surface area contributed by atoms with Gasteiger partial charge in [-0.25, -0.2) is 0 Å². The number of hydrogen-bond donors (Lipinski definition) is 1. The molecule has 0 unspecified atom stereocenters. The lowest BCUT2D eigenvalue weighted by Gasteiger charge is -2.33. The summed E-state index contributed by atoms with van der Waals surface area (Å²) in [4.78, 5) is 2.58. The Labute approximate surface area is 115 Å². The van der Waals surface area contributed by atoms with Crippen molar-refractivity contribution >= 4 is 11.8 Å². The van der Waals surface area contributed by atoms with Crippen molar-refractivity contribution < 1.29 is 13.2 Å². The van der Waals surface area contributed by atoms with Crippen LogP contribution < -0.4 is 5.32 Å². The van der Waals surface area contributed by atoms with E-state index in [9.17, 15) is 13.2 Å². The number of piperazine rings is 1. The summed E-state index contributed by atoms with van der Waals surface area (Å²) in [5.74, 6) is 0. The molecule has 1 heterocycles. The van der Waals surface area contributed by atoms with E-state index >= 15 is 0 Å². The average molecular weight is 290 g/mol. The molecule has 0 bridgehead atoms. The number of nitrogens with zero attached hydrogens (tertiary/aromatic N) is 1. The summed E-state index contributed by atoms with van der Waals surface area (Å²) < 4.78 is 36.7. The molecule has 2 nitrogen and oxygen atoms in total. The van der Waals surface area contributed by atoms with E-state index in [1.165, 1.54) is 0 Å². The summed E-state index contributed by atoms with van der Waals surface area (Å²) in [6.07, 6.45) is 0. The van der Waals surface area contributed by atoms with E-state index in [2.05, 4.69) is 17.1 Å². The lowest BCUT2D eigenvalue weighted by molar-refractivity contribution is -0.0328. The Hall–Kier alpha value is -0.720. The summed E-state index contributed by atoms with van der Waals surface area (Å²) in [6.45, 7) is 5.97. The van der Waals surface area contributed by atoms with Gasteiger partial charge in [0.25, 0.3) is 0 Å². The van der Waals surface area contributed by atoms with E-state index < -0.39 is 5.51 Å². The number of thioether (sulfide) groups is 1. The van der Waals surface area contributed by atoms with Gasteiger partial charge >= 0.3 is 5.51 Å². The zero-order valence-electron chi connectivity index (χ0n) is 10.7. The fourth-order valence-corrected chi connectivity index (χ4v) is 2.77. The number of benzene rings is 1. The molecule has 0 radical (unpaired) electrons. The molecule has 1 saturated heterocycles. The first-order valence-electron chi connectivity index (χ1n) is 6.26. The van der Waals surface area contributed by atoms with E-state index in [1.807, 2.05) is 0 Å². The van der Waals surface area contributed by atoms with E-state index in [0.717, 1.165) is 31.7 Å².